The number of hydrogen-bond acceptors (Lipinski definition) is 4. The molecule has 0 radical (unpaired) electrons. The van der Waals surface area contributed by atoms with E-state index in [0.717, 1.165) is 17.7 Å². The summed E-state index contributed by atoms with van der Waals surface area (Å²) in [6.07, 6.45) is -4.40. The Hall–Kier alpha value is -2.58. The molecule has 0 atom stereocenters. The minimum atomic E-state index is -4.39. The van der Waals surface area contributed by atoms with Crippen LogP contribution in [0.25, 0.3) is 0 Å². The number of alkyl halides is 3. The van der Waals surface area contributed by atoms with Gasteiger partial charge in [0.25, 0.3) is 5.91 Å². The van der Waals surface area contributed by atoms with Gasteiger partial charge in [0.05, 0.1) is 18.2 Å². The summed E-state index contributed by atoms with van der Waals surface area (Å²) < 4.78 is 53.4. The van der Waals surface area contributed by atoms with Gasteiger partial charge in [-0.3, -0.25) is 4.79 Å². The van der Waals surface area contributed by atoms with Gasteiger partial charge in [0.1, 0.15) is 5.75 Å². The Kier molecular flexibility index (Phi) is 7.42. The van der Waals surface area contributed by atoms with Crippen LogP contribution in [0.4, 0.5) is 13.2 Å². The largest absolute Gasteiger partial charge is 0.496 e. The van der Waals surface area contributed by atoms with Crippen LogP contribution in [-0.4, -0.2) is 33.5 Å². The van der Waals surface area contributed by atoms with Crippen LogP contribution in [0, 0.1) is 0 Å². The van der Waals surface area contributed by atoms with E-state index in [4.69, 9.17) is 14.2 Å². The lowest BCUT2D eigenvalue weighted by molar-refractivity contribution is -0.137. The van der Waals surface area contributed by atoms with Crippen molar-refractivity contribution in [3.8, 4) is 5.75 Å². The van der Waals surface area contributed by atoms with Gasteiger partial charge >= 0.3 is 6.18 Å². The molecule has 0 spiro atoms. The van der Waals surface area contributed by atoms with E-state index in [1.807, 2.05) is 0 Å². The molecule has 2 aromatic carbocycles. The van der Waals surface area contributed by atoms with Crippen LogP contribution in [0.3, 0.4) is 0 Å². The predicted octanol–water partition coefficient (Wildman–Crippen LogP) is 3.81. The van der Waals surface area contributed by atoms with Crippen LogP contribution in [-0.2, 0) is 28.6 Å². The molecule has 152 valence electrons. The van der Waals surface area contributed by atoms with Crippen LogP contribution in [0.1, 0.15) is 27.0 Å². The molecule has 0 fully saturated rings. The summed E-state index contributed by atoms with van der Waals surface area (Å²) in [5.74, 6) is -0.00923. The second kappa shape index (κ2) is 9.57. The molecule has 0 aliphatic heterocycles. The molecular formula is C20H22F3NO4. The molecule has 0 saturated carbocycles. The van der Waals surface area contributed by atoms with Gasteiger partial charge < -0.3 is 19.5 Å². The second-order valence-corrected chi connectivity index (χ2v) is 6.02. The van der Waals surface area contributed by atoms with Crippen LogP contribution in [0.2, 0.25) is 0 Å². The zero-order valence-electron chi connectivity index (χ0n) is 15.8. The Labute approximate surface area is 161 Å². The maximum Gasteiger partial charge on any atom is 0.416 e. The molecule has 0 aliphatic carbocycles. The van der Waals surface area contributed by atoms with Crippen molar-refractivity contribution in [2.24, 2.45) is 0 Å². The summed E-state index contributed by atoms with van der Waals surface area (Å²) in [6.45, 7) is 0.0864. The van der Waals surface area contributed by atoms with Gasteiger partial charge in [0.2, 0.25) is 0 Å². The summed E-state index contributed by atoms with van der Waals surface area (Å²) in [5, 5.41) is 2.69. The third-order valence-electron chi connectivity index (χ3n) is 4.17. The predicted molar refractivity (Wildman–Crippen MR) is 97.1 cm³/mol. The smallest absolute Gasteiger partial charge is 0.416 e. The van der Waals surface area contributed by atoms with E-state index in [1.54, 1.807) is 18.2 Å². The standard InChI is InChI=1S/C20H22F3NO4/c1-26-17-9-6-14(11-18(27-2)28-3)10-16(17)19(25)24-12-13-4-7-15(8-5-13)20(21,22)23/h4-10,18H,11-12H2,1-3H3,(H,24,25). The molecule has 8 heteroatoms. The third-order valence-corrected chi connectivity index (χ3v) is 4.17. The summed E-state index contributed by atoms with van der Waals surface area (Å²) in [6, 6.07) is 9.78. The van der Waals surface area contributed by atoms with E-state index < -0.39 is 23.9 Å². The van der Waals surface area contributed by atoms with Gasteiger partial charge in [-0.25, -0.2) is 0 Å². The quantitative estimate of drug-likeness (QED) is 0.689. The zero-order valence-corrected chi connectivity index (χ0v) is 15.8. The number of nitrogens with one attached hydrogen (secondary N) is 1. The van der Waals surface area contributed by atoms with Gasteiger partial charge in [-0.2, -0.15) is 13.2 Å². The first-order valence-electron chi connectivity index (χ1n) is 8.45. The van der Waals surface area contributed by atoms with Crippen molar-refractivity contribution in [1.82, 2.24) is 5.32 Å². The SMILES string of the molecule is COc1ccc(CC(OC)OC)cc1C(=O)NCc1ccc(C(F)(F)F)cc1. The van der Waals surface area contributed by atoms with E-state index >= 15 is 0 Å². The lowest BCUT2D eigenvalue weighted by Gasteiger charge is -2.15. The number of hydrogen-bond donors (Lipinski definition) is 1. The average Bonchev–Trinajstić information content (AvgIpc) is 2.69. The molecule has 2 aromatic rings. The Morgan fingerprint density at radius 2 is 1.61 bits per heavy atom. The number of ether oxygens (including phenoxy) is 3. The lowest BCUT2D eigenvalue weighted by atomic mass is 10.1. The highest BCUT2D eigenvalue weighted by atomic mass is 19.4. The summed E-state index contributed by atoms with van der Waals surface area (Å²) in [5.41, 5.74) is 0.949. The lowest BCUT2D eigenvalue weighted by Crippen LogP contribution is -2.24. The zero-order chi connectivity index (χ0) is 20.7. The topological polar surface area (TPSA) is 56.8 Å². The van der Waals surface area contributed by atoms with Gasteiger partial charge in [-0.05, 0) is 35.4 Å². The highest BCUT2D eigenvalue weighted by molar-refractivity contribution is 5.97. The van der Waals surface area contributed by atoms with Crippen LogP contribution in [0.15, 0.2) is 42.5 Å². The molecule has 0 aromatic heterocycles. The molecule has 5 nitrogen and oxygen atoms in total. The number of amides is 1. The Balaban J connectivity index is 2.10. The van der Waals surface area contributed by atoms with Gasteiger partial charge in [0, 0.05) is 27.2 Å². The van der Waals surface area contributed by atoms with Crippen LogP contribution in [0.5, 0.6) is 5.75 Å². The van der Waals surface area contributed by atoms with Crippen molar-refractivity contribution in [3.05, 3.63) is 64.7 Å². The van der Waals surface area contributed by atoms with Crippen LogP contribution >= 0.6 is 0 Å². The third kappa shape index (κ3) is 5.71. The van der Waals surface area contributed by atoms with E-state index in [2.05, 4.69) is 5.32 Å². The monoisotopic (exact) mass is 397 g/mol. The fourth-order valence-electron chi connectivity index (χ4n) is 2.60. The molecule has 0 bridgehead atoms. The number of benzene rings is 2. The van der Waals surface area contributed by atoms with E-state index in [-0.39, 0.29) is 6.54 Å². The van der Waals surface area contributed by atoms with E-state index in [0.29, 0.717) is 23.3 Å². The van der Waals surface area contributed by atoms with Crippen molar-refractivity contribution in [1.29, 1.82) is 0 Å². The molecule has 0 saturated heterocycles. The maximum absolute atomic E-state index is 12.6. The molecular weight excluding hydrogens is 375 g/mol. The highest BCUT2D eigenvalue weighted by Gasteiger charge is 2.29. The van der Waals surface area contributed by atoms with Crippen molar-refractivity contribution in [3.63, 3.8) is 0 Å². The Bertz CT molecular complexity index is 787. The normalized spacial score (nSPS) is 11.5. The fourth-order valence-corrected chi connectivity index (χ4v) is 2.60. The first-order chi connectivity index (χ1) is 13.3. The number of halogens is 3. The molecule has 2 rings (SSSR count). The minimum absolute atomic E-state index is 0.0864. The first kappa shape index (κ1) is 21.7. The molecule has 0 aliphatic rings. The molecule has 0 unspecified atom stereocenters. The fraction of sp³-hybridized carbons (Fsp3) is 0.350. The second-order valence-electron chi connectivity index (χ2n) is 6.02. The molecule has 1 N–H and O–H groups in total. The Morgan fingerprint density at radius 3 is 2.14 bits per heavy atom. The summed E-state index contributed by atoms with van der Waals surface area (Å²) in [7, 11) is 4.50. The van der Waals surface area contributed by atoms with E-state index in [1.165, 1.54) is 33.5 Å². The highest BCUT2D eigenvalue weighted by Crippen LogP contribution is 2.29. The van der Waals surface area contributed by atoms with Crippen molar-refractivity contribution >= 4 is 5.91 Å². The van der Waals surface area contributed by atoms with E-state index in [9.17, 15) is 18.0 Å². The number of carbonyl (C=O) groups excluding carboxylic acids is 1. The maximum atomic E-state index is 12.6. The number of carbonyl (C=O) groups is 1. The summed E-state index contributed by atoms with van der Waals surface area (Å²) in [4.78, 5) is 12.6. The van der Waals surface area contributed by atoms with Gasteiger partial charge in [-0.1, -0.05) is 18.2 Å². The molecule has 1 amide bonds. The van der Waals surface area contributed by atoms with Crippen molar-refractivity contribution < 1.29 is 32.2 Å². The van der Waals surface area contributed by atoms with Gasteiger partial charge in [-0.15, -0.1) is 0 Å². The number of methoxy groups -OCH3 is 3. The van der Waals surface area contributed by atoms with Gasteiger partial charge in [0.15, 0.2) is 6.29 Å². The molecule has 0 heterocycles. The Morgan fingerprint density at radius 1 is 1.00 bits per heavy atom. The first-order valence-corrected chi connectivity index (χ1v) is 8.45. The van der Waals surface area contributed by atoms with Crippen LogP contribution < -0.4 is 10.1 Å². The summed E-state index contributed by atoms with van der Waals surface area (Å²) >= 11 is 0. The van der Waals surface area contributed by atoms with Crippen molar-refractivity contribution in [2.75, 3.05) is 21.3 Å². The minimum Gasteiger partial charge on any atom is -0.496 e. The number of rotatable bonds is 8. The van der Waals surface area contributed by atoms with Crippen molar-refractivity contribution in [2.45, 2.75) is 25.4 Å². The average molecular weight is 397 g/mol. The molecule has 28 heavy (non-hydrogen) atoms.